The smallest absolute Gasteiger partial charge is 0.198 e. The summed E-state index contributed by atoms with van der Waals surface area (Å²) < 4.78 is 5.17. The first-order chi connectivity index (χ1) is 5.59. The predicted octanol–water partition coefficient (Wildman–Crippen LogP) is 2.13. The minimum absolute atomic E-state index is 0.0692. The summed E-state index contributed by atoms with van der Waals surface area (Å²) in [6.45, 7) is 4.16. The summed E-state index contributed by atoms with van der Waals surface area (Å²) in [6, 6.07) is 1.50. The molecule has 0 aromatic carbocycles. The van der Waals surface area contributed by atoms with E-state index in [2.05, 4.69) is 26.5 Å². The van der Waals surface area contributed by atoms with Crippen LogP contribution in [-0.4, -0.2) is 0 Å². The van der Waals surface area contributed by atoms with E-state index in [1.54, 1.807) is 0 Å². The first-order valence-electron chi connectivity index (χ1n) is 3.90. The molecule has 0 saturated heterocycles. The predicted molar refractivity (Wildman–Crippen MR) is 50.8 cm³/mol. The molecule has 0 radical (unpaired) electrons. The average molecular weight is 184 g/mol. The molecule has 0 bridgehead atoms. The fourth-order valence-corrected chi connectivity index (χ4v) is 1.07. The van der Waals surface area contributed by atoms with Gasteiger partial charge >= 0.3 is 0 Å². The lowest BCUT2D eigenvalue weighted by atomic mass is 10.1. The fourth-order valence-electron chi connectivity index (χ4n) is 0.953. The van der Waals surface area contributed by atoms with E-state index in [0.717, 1.165) is 12.2 Å². The summed E-state index contributed by atoms with van der Waals surface area (Å²) in [5.74, 6) is 1.23. The van der Waals surface area contributed by atoms with Crippen LogP contribution in [-0.2, 0) is 6.42 Å². The normalized spacial score (nSPS) is 10.7. The van der Waals surface area contributed by atoms with E-state index in [1.165, 1.54) is 12.3 Å². The highest BCUT2D eigenvalue weighted by Crippen LogP contribution is 2.07. The molecule has 0 saturated carbocycles. The van der Waals surface area contributed by atoms with Gasteiger partial charge in [-0.1, -0.05) is 13.8 Å². The molecule has 0 aliphatic rings. The van der Waals surface area contributed by atoms with Gasteiger partial charge in [-0.3, -0.25) is 4.79 Å². The second-order valence-corrected chi connectivity index (χ2v) is 3.68. The summed E-state index contributed by atoms with van der Waals surface area (Å²) in [7, 11) is 0. The molecule has 0 unspecified atom stereocenters. The Morgan fingerprint density at radius 2 is 2.25 bits per heavy atom. The van der Waals surface area contributed by atoms with Crippen LogP contribution in [0.2, 0.25) is 0 Å². The van der Waals surface area contributed by atoms with E-state index >= 15 is 0 Å². The second kappa shape index (κ2) is 3.81. The largest absolute Gasteiger partial charge is 0.468 e. The maximum Gasteiger partial charge on any atom is 0.198 e. The highest BCUT2D eigenvalue weighted by atomic mass is 32.1. The maximum absolute atomic E-state index is 11.1. The van der Waals surface area contributed by atoms with Crippen molar-refractivity contribution in [3.05, 3.63) is 28.3 Å². The first-order valence-corrected chi connectivity index (χ1v) is 4.35. The highest BCUT2D eigenvalue weighted by Gasteiger charge is 2.02. The molecule has 1 aromatic heterocycles. The molecule has 0 amide bonds. The van der Waals surface area contributed by atoms with Crippen LogP contribution in [0.5, 0.6) is 0 Å². The van der Waals surface area contributed by atoms with Crippen LogP contribution in [0.15, 0.2) is 26.4 Å². The Kier molecular flexibility index (Phi) is 2.98. The number of hydrogen-bond acceptors (Lipinski definition) is 3. The minimum Gasteiger partial charge on any atom is -0.468 e. The second-order valence-electron chi connectivity index (χ2n) is 3.19. The maximum atomic E-state index is 11.1. The van der Waals surface area contributed by atoms with Gasteiger partial charge in [-0.15, -0.1) is 12.6 Å². The van der Waals surface area contributed by atoms with Gasteiger partial charge in [0.05, 0.1) is 4.90 Å². The molecule has 0 aliphatic carbocycles. The zero-order valence-electron chi connectivity index (χ0n) is 7.20. The molecule has 2 nitrogen and oxygen atoms in total. The van der Waals surface area contributed by atoms with Crippen molar-refractivity contribution >= 4 is 12.6 Å². The Hall–Kier alpha value is -0.700. The molecule has 1 rings (SSSR count). The van der Waals surface area contributed by atoms with Crippen molar-refractivity contribution in [2.75, 3.05) is 0 Å². The number of rotatable bonds is 2. The van der Waals surface area contributed by atoms with Crippen molar-refractivity contribution < 1.29 is 4.42 Å². The van der Waals surface area contributed by atoms with Crippen LogP contribution in [0, 0.1) is 5.92 Å². The summed E-state index contributed by atoms with van der Waals surface area (Å²) in [6.07, 6.45) is 2.19. The third-order valence-corrected chi connectivity index (χ3v) is 1.80. The van der Waals surface area contributed by atoms with Gasteiger partial charge < -0.3 is 4.42 Å². The topological polar surface area (TPSA) is 30.2 Å². The van der Waals surface area contributed by atoms with Gasteiger partial charge in [-0.25, -0.2) is 0 Å². The molecule has 1 aromatic rings. The van der Waals surface area contributed by atoms with Gasteiger partial charge in [0.25, 0.3) is 0 Å². The lowest BCUT2D eigenvalue weighted by Gasteiger charge is -2.02. The van der Waals surface area contributed by atoms with Crippen molar-refractivity contribution in [2.45, 2.75) is 25.2 Å². The van der Waals surface area contributed by atoms with Gasteiger partial charge in [0, 0.05) is 12.5 Å². The molecule has 12 heavy (non-hydrogen) atoms. The fraction of sp³-hybridized carbons (Fsp3) is 0.444. The van der Waals surface area contributed by atoms with Crippen LogP contribution < -0.4 is 5.43 Å². The zero-order chi connectivity index (χ0) is 9.14. The third kappa shape index (κ3) is 2.41. The lowest BCUT2D eigenvalue weighted by Crippen LogP contribution is -2.03. The van der Waals surface area contributed by atoms with Crippen LogP contribution >= 0.6 is 12.6 Å². The Labute approximate surface area is 77.0 Å². The molecule has 0 aliphatic heterocycles. The molecule has 1 heterocycles. The summed E-state index contributed by atoms with van der Waals surface area (Å²) >= 11 is 3.93. The average Bonchev–Trinajstić information content (AvgIpc) is 1.96. The summed E-state index contributed by atoms with van der Waals surface area (Å²) in [5.41, 5.74) is -0.0692. The Balaban J connectivity index is 2.90. The molecule has 66 valence electrons. The Morgan fingerprint density at radius 3 is 2.75 bits per heavy atom. The number of thiol groups is 1. The quantitative estimate of drug-likeness (QED) is 0.714. The van der Waals surface area contributed by atoms with E-state index in [0.29, 0.717) is 10.8 Å². The van der Waals surface area contributed by atoms with E-state index in [4.69, 9.17) is 4.42 Å². The first kappa shape index (κ1) is 9.39. The van der Waals surface area contributed by atoms with Gasteiger partial charge in [0.2, 0.25) is 0 Å². The van der Waals surface area contributed by atoms with Crippen LogP contribution in [0.4, 0.5) is 0 Å². The summed E-state index contributed by atoms with van der Waals surface area (Å²) in [5, 5.41) is 0. The molecule has 0 fully saturated rings. The van der Waals surface area contributed by atoms with Gasteiger partial charge in [-0.2, -0.15) is 0 Å². The van der Waals surface area contributed by atoms with Crippen LogP contribution in [0.1, 0.15) is 19.6 Å². The Bertz CT molecular complexity index is 315. The highest BCUT2D eigenvalue weighted by molar-refractivity contribution is 7.80. The van der Waals surface area contributed by atoms with E-state index in [1.807, 2.05) is 0 Å². The van der Waals surface area contributed by atoms with E-state index < -0.39 is 0 Å². The molecular weight excluding hydrogens is 172 g/mol. The van der Waals surface area contributed by atoms with Crippen molar-refractivity contribution in [2.24, 2.45) is 5.92 Å². The van der Waals surface area contributed by atoms with Gasteiger partial charge in [0.15, 0.2) is 5.43 Å². The van der Waals surface area contributed by atoms with Crippen molar-refractivity contribution in [3.63, 3.8) is 0 Å². The van der Waals surface area contributed by atoms with Gasteiger partial charge in [0.1, 0.15) is 12.0 Å². The van der Waals surface area contributed by atoms with Crippen molar-refractivity contribution in [1.82, 2.24) is 0 Å². The SMILES string of the molecule is CC(C)Cc1cc(=O)c(S)co1. The van der Waals surface area contributed by atoms with Crippen molar-refractivity contribution in [1.29, 1.82) is 0 Å². The zero-order valence-corrected chi connectivity index (χ0v) is 8.10. The summed E-state index contributed by atoms with van der Waals surface area (Å²) in [4.78, 5) is 11.4. The van der Waals surface area contributed by atoms with Gasteiger partial charge in [-0.05, 0) is 5.92 Å². The van der Waals surface area contributed by atoms with Crippen LogP contribution in [0.3, 0.4) is 0 Å². The molecule has 3 heteroatoms. The van der Waals surface area contributed by atoms with E-state index in [9.17, 15) is 4.79 Å². The minimum atomic E-state index is -0.0692. The Morgan fingerprint density at radius 1 is 1.58 bits per heavy atom. The molecule has 0 N–H and O–H groups in total. The standard InChI is InChI=1S/C9H12O2S/c1-6(2)3-7-4-8(10)9(12)5-11-7/h4-6,12H,3H2,1-2H3. The molecular formula is C9H12O2S. The monoisotopic (exact) mass is 184 g/mol. The lowest BCUT2D eigenvalue weighted by molar-refractivity contribution is 0.448. The molecule has 0 atom stereocenters. The number of hydrogen-bond donors (Lipinski definition) is 1. The van der Waals surface area contributed by atoms with Crippen LogP contribution in [0.25, 0.3) is 0 Å². The molecule has 0 spiro atoms. The van der Waals surface area contributed by atoms with E-state index in [-0.39, 0.29) is 5.43 Å². The van der Waals surface area contributed by atoms with Crippen molar-refractivity contribution in [3.8, 4) is 0 Å². The third-order valence-electron chi connectivity index (χ3n) is 1.48.